The second-order valence-electron chi connectivity index (χ2n) is 6.48. The molecule has 1 amide bonds. The van der Waals surface area contributed by atoms with E-state index in [4.69, 9.17) is 4.74 Å². The van der Waals surface area contributed by atoms with Crippen molar-refractivity contribution in [3.05, 3.63) is 0 Å². The zero-order valence-corrected chi connectivity index (χ0v) is 11.7. The Morgan fingerprint density at radius 3 is 2.47 bits per heavy atom. The van der Waals surface area contributed by atoms with Crippen molar-refractivity contribution in [2.45, 2.75) is 44.9 Å². The van der Waals surface area contributed by atoms with E-state index < -0.39 is 0 Å². The van der Waals surface area contributed by atoms with Gasteiger partial charge < -0.3 is 14.7 Å². The number of amides is 1. The van der Waals surface area contributed by atoms with Crippen molar-refractivity contribution in [2.75, 3.05) is 32.9 Å². The molecular weight excluding hydrogens is 242 g/mol. The van der Waals surface area contributed by atoms with E-state index in [0.29, 0.717) is 12.3 Å². The highest BCUT2D eigenvalue weighted by molar-refractivity contribution is 5.87. The maximum atomic E-state index is 12.9. The molecule has 0 bridgehead atoms. The van der Waals surface area contributed by atoms with Gasteiger partial charge in [0.05, 0.1) is 5.41 Å². The molecule has 0 aromatic rings. The van der Waals surface area contributed by atoms with Crippen LogP contribution >= 0.6 is 0 Å². The zero-order chi connectivity index (χ0) is 13.3. The summed E-state index contributed by atoms with van der Waals surface area (Å²) >= 11 is 0. The van der Waals surface area contributed by atoms with Crippen LogP contribution in [0.5, 0.6) is 0 Å². The molecule has 4 nitrogen and oxygen atoms in total. The Balaban J connectivity index is 1.75. The fourth-order valence-electron chi connectivity index (χ4n) is 4.30. The Hall–Kier alpha value is -0.610. The molecule has 1 saturated carbocycles. The van der Waals surface area contributed by atoms with Crippen LogP contribution in [0.2, 0.25) is 0 Å². The second kappa shape index (κ2) is 5.06. The van der Waals surface area contributed by atoms with E-state index in [0.717, 1.165) is 58.4 Å². The van der Waals surface area contributed by atoms with Crippen LogP contribution in [0.3, 0.4) is 0 Å². The molecule has 2 heterocycles. The minimum absolute atomic E-state index is 0.127. The number of aliphatic hydroxyl groups is 1. The average molecular weight is 267 g/mol. The van der Waals surface area contributed by atoms with Crippen LogP contribution in [0.4, 0.5) is 0 Å². The normalized spacial score (nSPS) is 33.4. The van der Waals surface area contributed by atoms with Gasteiger partial charge in [-0.25, -0.2) is 0 Å². The van der Waals surface area contributed by atoms with Crippen LogP contribution in [0.1, 0.15) is 44.9 Å². The molecule has 4 heteroatoms. The van der Waals surface area contributed by atoms with Gasteiger partial charge in [-0.05, 0) is 50.4 Å². The van der Waals surface area contributed by atoms with Crippen LogP contribution in [0.15, 0.2) is 0 Å². The molecule has 1 spiro atoms. The van der Waals surface area contributed by atoms with Crippen LogP contribution < -0.4 is 0 Å². The van der Waals surface area contributed by atoms with Crippen molar-refractivity contribution in [1.82, 2.24) is 4.90 Å². The molecule has 1 unspecified atom stereocenters. The number of nitrogens with zero attached hydrogens (tertiary/aromatic N) is 1. The highest BCUT2D eigenvalue weighted by Crippen LogP contribution is 2.71. The molecule has 1 N–H and O–H groups in total. The number of hydrogen-bond donors (Lipinski definition) is 1. The lowest BCUT2D eigenvalue weighted by Gasteiger charge is -2.34. The summed E-state index contributed by atoms with van der Waals surface area (Å²) in [4.78, 5) is 15.0. The number of aliphatic hydroxyl groups excluding tert-OH is 1. The molecule has 2 saturated heterocycles. The van der Waals surface area contributed by atoms with Crippen molar-refractivity contribution in [2.24, 2.45) is 10.8 Å². The van der Waals surface area contributed by atoms with Crippen molar-refractivity contribution in [3.8, 4) is 0 Å². The van der Waals surface area contributed by atoms with Gasteiger partial charge in [0.25, 0.3) is 0 Å². The first-order chi connectivity index (χ1) is 9.24. The van der Waals surface area contributed by atoms with Crippen molar-refractivity contribution >= 4 is 5.91 Å². The molecule has 1 aliphatic carbocycles. The molecule has 0 aromatic heterocycles. The fourth-order valence-corrected chi connectivity index (χ4v) is 4.30. The lowest BCUT2D eigenvalue weighted by Crippen LogP contribution is -2.43. The van der Waals surface area contributed by atoms with Gasteiger partial charge in [0, 0.05) is 32.9 Å². The second-order valence-corrected chi connectivity index (χ2v) is 6.48. The summed E-state index contributed by atoms with van der Waals surface area (Å²) in [5.41, 5.74) is -0.120. The smallest absolute Gasteiger partial charge is 0.229 e. The number of hydrogen-bond acceptors (Lipinski definition) is 3. The summed E-state index contributed by atoms with van der Waals surface area (Å²) < 4.78 is 5.45. The first kappa shape index (κ1) is 13.4. The predicted octanol–water partition coefficient (Wildman–Crippen LogP) is 1.57. The first-order valence-corrected chi connectivity index (χ1v) is 7.72. The Labute approximate surface area is 115 Å². The topological polar surface area (TPSA) is 49.8 Å². The third kappa shape index (κ3) is 2.09. The molecule has 3 fully saturated rings. The Morgan fingerprint density at radius 2 is 1.84 bits per heavy atom. The van der Waals surface area contributed by atoms with E-state index >= 15 is 0 Å². The molecule has 108 valence electrons. The Morgan fingerprint density at radius 1 is 1.16 bits per heavy atom. The molecular formula is C15H25NO3. The predicted molar refractivity (Wildman–Crippen MR) is 71.7 cm³/mol. The van der Waals surface area contributed by atoms with Crippen LogP contribution in [-0.4, -0.2) is 48.8 Å². The number of ether oxygens (including phenoxy) is 1. The largest absolute Gasteiger partial charge is 0.396 e. The maximum Gasteiger partial charge on any atom is 0.229 e. The number of carbonyl (C=O) groups excluding carboxylic acids is 1. The third-order valence-electron chi connectivity index (χ3n) is 5.57. The summed E-state index contributed by atoms with van der Waals surface area (Å²) in [6.45, 7) is 3.51. The van der Waals surface area contributed by atoms with Gasteiger partial charge in [0.2, 0.25) is 5.91 Å². The van der Waals surface area contributed by atoms with Gasteiger partial charge in [0.15, 0.2) is 0 Å². The highest BCUT2D eigenvalue weighted by atomic mass is 16.5. The molecule has 0 aromatic carbocycles. The monoisotopic (exact) mass is 267 g/mol. The minimum Gasteiger partial charge on any atom is -0.396 e. The van der Waals surface area contributed by atoms with Gasteiger partial charge in [-0.2, -0.15) is 0 Å². The van der Waals surface area contributed by atoms with Gasteiger partial charge >= 0.3 is 0 Å². The number of carbonyl (C=O) groups is 1. The molecule has 3 aliphatic rings. The van der Waals surface area contributed by atoms with Gasteiger partial charge in [0.1, 0.15) is 0 Å². The van der Waals surface area contributed by atoms with Crippen molar-refractivity contribution in [3.63, 3.8) is 0 Å². The van der Waals surface area contributed by atoms with Crippen molar-refractivity contribution < 1.29 is 14.6 Å². The molecule has 19 heavy (non-hydrogen) atoms. The van der Waals surface area contributed by atoms with E-state index in [1.807, 2.05) is 0 Å². The highest BCUT2D eigenvalue weighted by Gasteiger charge is 2.71. The number of likely N-dealkylation sites (tertiary alicyclic amines) is 1. The lowest BCUT2D eigenvalue weighted by atomic mass is 9.82. The maximum absolute atomic E-state index is 12.9. The van der Waals surface area contributed by atoms with Crippen molar-refractivity contribution in [1.29, 1.82) is 0 Å². The summed E-state index contributed by atoms with van der Waals surface area (Å²) in [5, 5.41) is 9.40. The van der Waals surface area contributed by atoms with E-state index in [1.165, 1.54) is 6.42 Å². The van der Waals surface area contributed by atoms with Gasteiger partial charge in [-0.3, -0.25) is 4.79 Å². The summed E-state index contributed by atoms with van der Waals surface area (Å²) in [6.07, 6.45) is 7.12. The molecule has 3 rings (SSSR count). The average Bonchev–Trinajstić information content (AvgIpc) is 3.07. The van der Waals surface area contributed by atoms with E-state index in [-0.39, 0.29) is 17.4 Å². The zero-order valence-electron chi connectivity index (χ0n) is 11.7. The lowest BCUT2D eigenvalue weighted by molar-refractivity contribution is -0.141. The number of rotatable bonds is 3. The summed E-state index contributed by atoms with van der Waals surface area (Å²) in [5.74, 6) is 0.322. The number of piperidine rings is 1. The SMILES string of the molecule is O=C(N1CCCCC1)C1(CCO)CC12CCOCC2. The summed E-state index contributed by atoms with van der Waals surface area (Å²) in [7, 11) is 0. The minimum atomic E-state index is -0.261. The molecule has 0 radical (unpaired) electrons. The standard InChI is InChI=1S/C15H25NO3/c17-9-4-15(12-14(15)5-10-19-11-6-14)13(18)16-7-2-1-3-8-16/h17H,1-12H2. The Bertz CT molecular complexity index is 345. The van der Waals surface area contributed by atoms with Gasteiger partial charge in [-0.1, -0.05) is 0 Å². The first-order valence-electron chi connectivity index (χ1n) is 7.72. The Kier molecular flexibility index (Phi) is 3.56. The van der Waals surface area contributed by atoms with E-state index in [2.05, 4.69) is 4.90 Å². The van der Waals surface area contributed by atoms with E-state index in [1.54, 1.807) is 0 Å². The van der Waals surface area contributed by atoms with E-state index in [9.17, 15) is 9.90 Å². The third-order valence-corrected chi connectivity index (χ3v) is 5.57. The summed E-state index contributed by atoms with van der Waals surface area (Å²) in [6, 6.07) is 0. The van der Waals surface area contributed by atoms with Crippen LogP contribution in [0, 0.1) is 10.8 Å². The molecule has 1 atom stereocenters. The van der Waals surface area contributed by atoms with Crippen LogP contribution in [0.25, 0.3) is 0 Å². The molecule has 2 aliphatic heterocycles. The fraction of sp³-hybridized carbons (Fsp3) is 0.933. The van der Waals surface area contributed by atoms with Crippen LogP contribution in [-0.2, 0) is 9.53 Å². The quantitative estimate of drug-likeness (QED) is 0.844. The van der Waals surface area contributed by atoms with Gasteiger partial charge in [-0.15, -0.1) is 0 Å².